The highest BCUT2D eigenvalue weighted by Crippen LogP contribution is 2.15. The fraction of sp³-hybridized carbons (Fsp3) is 0.529. The van der Waals surface area contributed by atoms with Gasteiger partial charge in [-0.15, -0.1) is 0 Å². The first-order valence-corrected chi connectivity index (χ1v) is 7.23. The van der Waals surface area contributed by atoms with Gasteiger partial charge in [-0.25, -0.2) is 0 Å². The second-order valence-electron chi connectivity index (χ2n) is 5.56. The number of nitriles is 1. The third-order valence-electron chi connectivity index (χ3n) is 3.47. The molecule has 0 aliphatic heterocycles. The third-order valence-corrected chi connectivity index (χ3v) is 3.47. The van der Waals surface area contributed by atoms with Crippen LogP contribution < -0.4 is 0 Å². The molecule has 1 unspecified atom stereocenters. The van der Waals surface area contributed by atoms with E-state index in [9.17, 15) is 4.79 Å². The maximum absolute atomic E-state index is 12.2. The van der Waals surface area contributed by atoms with Crippen molar-refractivity contribution in [1.29, 1.82) is 5.26 Å². The van der Waals surface area contributed by atoms with Crippen LogP contribution in [0, 0.1) is 17.2 Å². The van der Waals surface area contributed by atoms with Gasteiger partial charge in [0.05, 0.1) is 18.5 Å². The summed E-state index contributed by atoms with van der Waals surface area (Å²) in [4.78, 5) is 14.3. The summed E-state index contributed by atoms with van der Waals surface area (Å²) in [5.74, 6) is 0.543. The molecule has 0 N–H and O–H groups in total. The third kappa shape index (κ3) is 4.79. The van der Waals surface area contributed by atoms with E-state index in [2.05, 4.69) is 19.9 Å². The lowest BCUT2D eigenvalue weighted by Crippen LogP contribution is -2.33. The molecular formula is C17H24N2O. The molecule has 0 saturated heterocycles. The van der Waals surface area contributed by atoms with E-state index in [1.165, 1.54) is 5.56 Å². The minimum absolute atomic E-state index is 0.0499. The lowest BCUT2D eigenvalue weighted by atomic mass is 10.0. The molecule has 20 heavy (non-hydrogen) atoms. The van der Waals surface area contributed by atoms with Crippen molar-refractivity contribution < 1.29 is 4.79 Å². The van der Waals surface area contributed by atoms with Crippen LogP contribution in [0.4, 0.5) is 0 Å². The first-order valence-electron chi connectivity index (χ1n) is 7.23. The van der Waals surface area contributed by atoms with Crippen molar-refractivity contribution in [2.75, 3.05) is 19.6 Å². The minimum atomic E-state index is -0.0499. The standard InChI is InChI=1S/C17H24N2O/c1-5-19(11-14(4)10-18)12-17(20)16-8-6-15(7-9-16)13(2)3/h6-9,13-14H,5,11-12H2,1-4H3. The van der Waals surface area contributed by atoms with Gasteiger partial charge in [-0.2, -0.15) is 5.26 Å². The lowest BCUT2D eigenvalue weighted by molar-refractivity contribution is 0.0929. The summed E-state index contributed by atoms with van der Waals surface area (Å²) >= 11 is 0. The summed E-state index contributed by atoms with van der Waals surface area (Å²) in [6.45, 7) is 9.97. The van der Waals surface area contributed by atoms with Crippen molar-refractivity contribution in [3.8, 4) is 6.07 Å². The number of hydrogen-bond donors (Lipinski definition) is 0. The van der Waals surface area contributed by atoms with Gasteiger partial charge < -0.3 is 0 Å². The van der Waals surface area contributed by atoms with Crippen LogP contribution in [0.15, 0.2) is 24.3 Å². The monoisotopic (exact) mass is 272 g/mol. The topological polar surface area (TPSA) is 44.1 Å². The van der Waals surface area contributed by atoms with Crippen LogP contribution in [0.5, 0.6) is 0 Å². The molecule has 0 saturated carbocycles. The Morgan fingerprint density at radius 3 is 2.30 bits per heavy atom. The van der Waals surface area contributed by atoms with Gasteiger partial charge in [0, 0.05) is 12.1 Å². The molecule has 3 nitrogen and oxygen atoms in total. The van der Waals surface area contributed by atoms with Gasteiger partial charge in [-0.05, 0) is 24.9 Å². The fourth-order valence-corrected chi connectivity index (χ4v) is 2.08. The highest BCUT2D eigenvalue weighted by Gasteiger charge is 2.14. The van der Waals surface area contributed by atoms with Gasteiger partial charge in [0.15, 0.2) is 5.78 Å². The molecule has 0 radical (unpaired) electrons. The Morgan fingerprint density at radius 2 is 1.85 bits per heavy atom. The number of hydrogen-bond acceptors (Lipinski definition) is 3. The van der Waals surface area contributed by atoms with E-state index in [4.69, 9.17) is 5.26 Å². The number of carbonyl (C=O) groups is 1. The van der Waals surface area contributed by atoms with Gasteiger partial charge in [-0.1, -0.05) is 45.0 Å². The molecule has 1 aromatic carbocycles. The van der Waals surface area contributed by atoms with Gasteiger partial charge in [0.2, 0.25) is 0 Å². The molecule has 1 rings (SSSR count). The Bertz CT molecular complexity index is 471. The zero-order valence-corrected chi connectivity index (χ0v) is 12.9. The normalized spacial score (nSPS) is 12.4. The number of carbonyl (C=O) groups excluding carboxylic acids is 1. The van der Waals surface area contributed by atoms with E-state index in [1.807, 2.05) is 43.0 Å². The molecule has 3 heteroatoms. The van der Waals surface area contributed by atoms with Crippen LogP contribution >= 0.6 is 0 Å². The predicted molar refractivity (Wildman–Crippen MR) is 81.8 cm³/mol. The number of rotatable bonds is 7. The molecule has 108 valence electrons. The zero-order valence-electron chi connectivity index (χ0n) is 12.9. The van der Waals surface area contributed by atoms with Crippen molar-refractivity contribution in [2.45, 2.75) is 33.6 Å². The molecular weight excluding hydrogens is 248 g/mol. The van der Waals surface area contributed by atoms with Crippen molar-refractivity contribution >= 4 is 5.78 Å². The molecule has 0 fully saturated rings. The van der Waals surface area contributed by atoms with Crippen molar-refractivity contribution in [1.82, 2.24) is 4.90 Å². The Morgan fingerprint density at radius 1 is 1.25 bits per heavy atom. The van der Waals surface area contributed by atoms with Gasteiger partial charge >= 0.3 is 0 Å². The summed E-state index contributed by atoms with van der Waals surface area (Å²) in [5.41, 5.74) is 1.99. The average molecular weight is 272 g/mol. The fourth-order valence-electron chi connectivity index (χ4n) is 2.08. The second-order valence-corrected chi connectivity index (χ2v) is 5.56. The molecule has 0 spiro atoms. The van der Waals surface area contributed by atoms with Gasteiger partial charge in [-0.3, -0.25) is 9.69 Å². The maximum Gasteiger partial charge on any atom is 0.176 e. The first kappa shape index (κ1) is 16.4. The number of nitrogens with zero attached hydrogens (tertiary/aromatic N) is 2. The molecule has 0 heterocycles. The van der Waals surface area contributed by atoms with E-state index < -0.39 is 0 Å². The van der Waals surface area contributed by atoms with Crippen LogP contribution in [0.3, 0.4) is 0 Å². The summed E-state index contributed by atoms with van der Waals surface area (Å²) < 4.78 is 0. The highest BCUT2D eigenvalue weighted by atomic mass is 16.1. The molecule has 0 amide bonds. The number of Topliss-reactive ketones (excluding diaryl/α,β-unsaturated/α-hetero) is 1. The van der Waals surface area contributed by atoms with Crippen LogP contribution in [-0.2, 0) is 0 Å². The molecule has 0 bridgehead atoms. The number of likely N-dealkylation sites (N-methyl/N-ethyl adjacent to an activating group) is 1. The Hall–Kier alpha value is -1.66. The average Bonchev–Trinajstić information content (AvgIpc) is 2.46. The first-order chi connectivity index (χ1) is 9.47. The molecule has 1 aromatic rings. The highest BCUT2D eigenvalue weighted by molar-refractivity contribution is 5.97. The molecule has 1 atom stereocenters. The number of ketones is 1. The molecule has 0 aliphatic carbocycles. The van der Waals surface area contributed by atoms with E-state index in [1.54, 1.807) is 0 Å². The van der Waals surface area contributed by atoms with Crippen molar-refractivity contribution in [3.05, 3.63) is 35.4 Å². The molecule has 0 aliphatic rings. The number of benzene rings is 1. The summed E-state index contributed by atoms with van der Waals surface area (Å²) in [7, 11) is 0. The van der Waals surface area contributed by atoms with E-state index >= 15 is 0 Å². The van der Waals surface area contributed by atoms with Gasteiger partial charge in [0.25, 0.3) is 0 Å². The zero-order chi connectivity index (χ0) is 15.1. The van der Waals surface area contributed by atoms with Crippen LogP contribution in [-0.4, -0.2) is 30.3 Å². The smallest absolute Gasteiger partial charge is 0.176 e. The summed E-state index contributed by atoms with van der Waals surface area (Å²) in [6.07, 6.45) is 0. The van der Waals surface area contributed by atoms with Crippen LogP contribution in [0.1, 0.15) is 49.5 Å². The van der Waals surface area contributed by atoms with E-state index in [0.717, 1.165) is 12.1 Å². The minimum Gasteiger partial charge on any atom is -0.295 e. The quantitative estimate of drug-likeness (QED) is 0.714. The van der Waals surface area contributed by atoms with E-state index in [-0.39, 0.29) is 11.7 Å². The maximum atomic E-state index is 12.2. The molecule has 0 aromatic heterocycles. The Kier molecular flexibility index (Phi) is 6.41. The predicted octanol–water partition coefficient (Wildman–Crippen LogP) is 3.47. The Labute approximate surface area is 122 Å². The van der Waals surface area contributed by atoms with Crippen molar-refractivity contribution in [2.24, 2.45) is 5.92 Å². The summed E-state index contributed by atoms with van der Waals surface area (Å²) in [6, 6.07) is 10.1. The largest absolute Gasteiger partial charge is 0.295 e. The summed E-state index contributed by atoms with van der Waals surface area (Å²) in [5, 5.41) is 8.85. The SMILES string of the molecule is CCN(CC(=O)c1ccc(C(C)C)cc1)CC(C)C#N. The lowest BCUT2D eigenvalue weighted by Gasteiger charge is -2.20. The van der Waals surface area contributed by atoms with Gasteiger partial charge in [0.1, 0.15) is 0 Å². The second kappa shape index (κ2) is 7.81. The van der Waals surface area contributed by atoms with Crippen LogP contribution in [0.2, 0.25) is 0 Å². The van der Waals surface area contributed by atoms with Crippen LogP contribution in [0.25, 0.3) is 0 Å². The van der Waals surface area contributed by atoms with E-state index in [0.29, 0.717) is 19.0 Å². The van der Waals surface area contributed by atoms with Crippen molar-refractivity contribution in [3.63, 3.8) is 0 Å². The Balaban J connectivity index is 2.67.